The van der Waals surface area contributed by atoms with E-state index < -0.39 is 10.8 Å². The minimum absolute atomic E-state index is 0. The number of halogens is 1. The number of guanidine groups is 1. The molecule has 0 aliphatic heterocycles. The van der Waals surface area contributed by atoms with Crippen molar-refractivity contribution in [2.45, 2.75) is 57.4 Å². The normalized spacial score (nSPS) is 21.1. The molecular weight excluding hydrogens is 477 g/mol. The van der Waals surface area contributed by atoms with Crippen LogP contribution in [-0.4, -0.2) is 46.0 Å². The monoisotopic (exact) mass is 509 g/mol. The summed E-state index contributed by atoms with van der Waals surface area (Å²) in [5.74, 6) is 2.35. The van der Waals surface area contributed by atoms with Crippen LogP contribution in [0.15, 0.2) is 23.2 Å². The minimum atomic E-state index is -0.740. The number of rotatable bonds is 7. The summed E-state index contributed by atoms with van der Waals surface area (Å²) in [5, 5.41) is 17.0. The van der Waals surface area contributed by atoms with Crippen molar-refractivity contribution in [3.63, 3.8) is 0 Å². The summed E-state index contributed by atoms with van der Waals surface area (Å²) in [6, 6.07) is 5.42. The minimum Gasteiger partial charge on any atom is -0.508 e. The molecule has 0 heterocycles. The van der Waals surface area contributed by atoms with Crippen LogP contribution in [0, 0.1) is 0 Å². The molecule has 0 radical (unpaired) electrons. The molecule has 1 aliphatic rings. The summed E-state index contributed by atoms with van der Waals surface area (Å²) < 4.78 is 17.3. The highest BCUT2D eigenvalue weighted by molar-refractivity contribution is 14.0. The lowest BCUT2D eigenvalue weighted by Gasteiger charge is -2.30. The van der Waals surface area contributed by atoms with E-state index in [1.165, 1.54) is 0 Å². The highest BCUT2D eigenvalue weighted by Crippen LogP contribution is 2.24. The third-order valence-corrected chi connectivity index (χ3v) is 6.40. The van der Waals surface area contributed by atoms with Gasteiger partial charge in [0.1, 0.15) is 11.5 Å². The quantitative estimate of drug-likeness (QED) is 0.299. The molecule has 2 rings (SSSR count). The maximum Gasteiger partial charge on any atom is 0.191 e. The van der Waals surface area contributed by atoms with Crippen LogP contribution in [0.25, 0.3) is 0 Å². The van der Waals surface area contributed by atoms with Crippen molar-refractivity contribution in [1.29, 1.82) is 0 Å². The average Bonchev–Trinajstić information content (AvgIpc) is 2.67. The van der Waals surface area contributed by atoms with Crippen molar-refractivity contribution in [1.82, 2.24) is 10.6 Å². The van der Waals surface area contributed by atoms with Crippen molar-refractivity contribution in [2.75, 3.05) is 19.4 Å². The highest BCUT2D eigenvalue weighted by Gasteiger charge is 2.26. The van der Waals surface area contributed by atoms with Gasteiger partial charge in [0.2, 0.25) is 0 Å². The number of hydrogen-bond donors (Lipinski definition) is 3. The third kappa shape index (κ3) is 7.48. The van der Waals surface area contributed by atoms with Crippen LogP contribution in [0.1, 0.15) is 45.1 Å². The topological polar surface area (TPSA) is 83.0 Å². The number of hydrogen-bond acceptors (Lipinski definition) is 4. The van der Waals surface area contributed by atoms with Gasteiger partial charge in [0.15, 0.2) is 5.96 Å². The number of aromatic hydroxyl groups is 1. The van der Waals surface area contributed by atoms with Gasteiger partial charge >= 0.3 is 0 Å². The number of methoxy groups -OCH3 is 1. The fraction of sp³-hybridized carbons (Fsp3) is 0.632. The standard InChI is InChI=1S/C19H31N3O3S.HI/c1-4-20-19(21-13-14-11-16(25-3)9-10-18(14)23)22-15-7-6-8-17(12-15)26(24)5-2;/h9-11,15,17,23H,4-8,12-13H2,1-3H3,(H2,20,21,22);1H. The van der Waals surface area contributed by atoms with E-state index in [1.807, 2.05) is 13.8 Å². The van der Waals surface area contributed by atoms with Gasteiger partial charge in [-0.05, 0) is 44.4 Å². The van der Waals surface area contributed by atoms with E-state index in [0.717, 1.165) is 49.5 Å². The van der Waals surface area contributed by atoms with Gasteiger partial charge in [-0.15, -0.1) is 24.0 Å². The molecule has 0 bridgehead atoms. The van der Waals surface area contributed by atoms with Gasteiger partial charge < -0.3 is 20.5 Å². The Bertz CT molecular complexity index is 643. The fourth-order valence-electron chi connectivity index (χ4n) is 3.24. The molecule has 27 heavy (non-hydrogen) atoms. The summed E-state index contributed by atoms with van der Waals surface area (Å²) in [4.78, 5) is 4.61. The van der Waals surface area contributed by atoms with E-state index in [1.54, 1.807) is 25.3 Å². The first-order valence-electron chi connectivity index (χ1n) is 9.35. The van der Waals surface area contributed by atoms with Crippen LogP contribution in [0.3, 0.4) is 0 Å². The molecule has 1 aromatic carbocycles. The molecule has 0 spiro atoms. The number of aliphatic imine (C=N–C) groups is 1. The first-order valence-corrected chi connectivity index (χ1v) is 10.7. The predicted octanol–water partition coefficient (Wildman–Crippen LogP) is 3.15. The fourth-order valence-corrected chi connectivity index (χ4v) is 4.59. The zero-order chi connectivity index (χ0) is 18.9. The maximum absolute atomic E-state index is 12.1. The molecule has 3 N–H and O–H groups in total. The Morgan fingerprint density at radius 2 is 2.15 bits per heavy atom. The summed E-state index contributed by atoms with van der Waals surface area (Å²) >= 11 is 0. The number of phenolic OH excluding ortho intramolecular Hbond substituents is 1. The van der Waals surface area contributed by atoms with Gasteiger partial charge in [0.05, 0.1) is 13.7 Å². The van der Waals surface area contributed by atoms with Gasteiger partial charge in [-0.1, -0.05) is 13.3 Å². The van der Waals surface area contributed by atoms with Crippen molar-refractivity contribution >= 4 is 40.7 Å². The Hall–Kier alpha value is -1.03. The van der Waals surface area contributed by atoms with Crippen LogP contribution < -0.4 is 15.4 Å². The second-order valence-electron chi connectivity index (χ2n) is 6.49. The van der Waals surface area contributed by atoms with Gasteiger partial charge in [0, 0.05) is 40.0 Å². The first-order chi connectivity index (χ1) is 12.6. The molecule has 0 saturated heterocycles. The SMILES string of the molecule is CCNC(=NCc1cc(OC)ccc1O)NC1CCCC(S(=O)CC)C1.I. The van der Waals surface area contributed by atoms with Crippen molar-refractivity contribution in [2.24, 2.45) is 4.99 Å². The predicted molar refractivity (Wildman–Crippen MR) is 123 cm³/mol. The van der Waals surface area contributed by atoms with E-state index in [4.69, 9.17) is 4.74 Å². The Labute approximate surface area is 182 Å². The summed E-state index contributed by atoms with van der Waals surface area (Å²) in [7, 11) is 0.862. The lowest BCUT2D eigenvalue weighted by molar-refractivity contribution is 0.410. The molecule has 6 nitrogen and oxygen atoms in total. The lowest BCUT2D eigenvalue weighted by Crippen LogP contribution is -2.46. The second-order valence-corrected chi connectivity index (χ2v) is 8.49. The van der Waals surface area contributed by atoms with Gasteiger partial charge in [-0.25, -0.2) is 4.99 Å². The van der Waals surface area contributed by atoms with Crippen LogP contribution in [0.2, 0.25) is 0 Å². The van der Waals surface area contributed by atoms with Crippen molar-refractivity contribution < 1.29 is 14.1 Å². The Balaban J connectivity index is 0.00000364. The highest BCUT2D eigenvalue weighted by atomic mass is 127. The van der Waals surface area contributed by atoms with E-state index in [9.17, 15) is 9.32 Å². The van der Waals surface area contributed by atoms with Gasteiger partial charge in [-0.3, -0.25) is 4.21 Å². The van der Waals surface area contributed by atoms with E-state index in [2.05, 4.69) is 15.6 Å². The van der Waals surface area contributed by atoms with Crippen LogP contribution >= 0.6 is 24.0 Å². The molecule has 1 aliphatic carbocycles. The zero-order valence-corrected chi connectivity index (χ0v) is 19.5. The molecule has 1 aromatic rings. The Morgan fingerprint density at radius 3 is 2.81 bits per heavy atom. The second kappa shape index (κ2) is 12.4. The maximum atomic E-state index is 12.1. The number of nitrogens with one attached hydrogen (secondary N) is 2. The molecule has 3 atom stereocenters. The molecule has 1 fully saturated rings. The third-order valence-electron chi connectivity index (χ3n) is 4.66. The Morgan fingerprint density at radius 1 is 1.37 bits per heavy atom. The van der Waals surface area contributed by atoms with Gasteiger partial charge in [-0.2, -0.15) is 0 Å². The van der Waals surface area contributed by atoms with Crippen molar-refractivity contribution in [3.8, 4) is 11.5 Å². The molecule has 1 saturated carbocycles. The van der Waals surface area contributed by atoms with Crippen LogP contribution in [0.4, 0.5) is 0 Å². The molecular formula is C19H32IN3O3S. The number of phenols is 1. The average molecular weight is 509 g/mol. The molecule has 3 unspecified atom stereocenters. The Kier molecular flexibility index (Phi) is 11.1. The zero-order valence-electron chi connectivity index (χ0n) is 16.4. The lowest BCUT2D eigenvalue weighted by atomic mass is 9.95. The molecule has 154 valence electrons. The summed E-state index contributed by atoms with van der Waals surface area (Å²) in [6.07, 6.45) is 4.11. The van der Waals surface area contributed by atoms with Crippen molar-refractivity contribution in [3.05, 3.63) is 23.8 Å². The van der Waals surface area contributed by atoms with Crippen LogP contribution in [-0.2, 0) is 17.3 Å². The summed E-state index contributed by atoms with van der Waals surface area (Å²) in [6.45, 7) is 5.12. The number of nitrogens with zero attached hydrogens (tertiary/aromatic N) is 1. The number of benzene rings is 1. The molecule has 0 amide bonds. The van der Waals surface area contributed by atoms with E-state index in [0.29, 0.717) is 12.3 Å². The first kappa shape index (κ1) is 24.0. The number of ether oxygens (including phenoxy) is 1. The van der Waals surface area contributed by atoms with E-state index in [-0.39, 0.29) is 41.0 Å². The molecule has 0 aromatic heterocycles. The molecule has 8 heteroatoms. The van der Waals surface area contributed by atoms with Gasteiger partial charge in [0.25, 0.3) is 0 Å². The van der Waals surface area contributed by atoms with E-state index >= 15 is 0 Å². The largest absolute Gasteiger partial charge is 0.508 e. The summed E-state index contributed by atoms with van der Waals surface area (Å²) in [5.41, 5.74) is 0.718. The smallest absolute Gasteiger partial charge is 0.191 e. The van der Waals surface area contributed by atoms with Crippen LogP contribution in [0.5, 0.6) is 11.5 Å².